The summed E-state index contributed by atoms with van der Waals surface area (Å²) in [6.45, 7) is 3.48. The number of hydrogen-bond acceptors (Lipinski definition) is 4. The highest BCUT2D eigenvalue weighted by atomic mass is 16.4. The number of aromatic nitrogens is 2. The number of nitrogens with zero attached hydrogens (tertiary/aromatic N) is 3. The molecule has 5 heteroatoms. The Morgan fingerprint density at radius 2 is 1.96 bits per heavy atom. The molecule has 0 aliphatic carbocycles. The lowest BCUT2D eigenvalue weighted by atomic mass is 9.99. The van der Waals surface area contributed by atoms with Crippen LogP contribution >= 0.6 is 0 Å². The molecule has 0 N–H and O–H groups in total. The summed E-state index contributed by atoms with van der Waals surface area (Å²) in [5, 5.41) is 8.19. The van der Waals surface area contributed by atoms with E-state index in [9.17, 15) is 4.79 Å². The van der Waals surface area contributed by atoms with Gasteiger partial charge in [-0.2, -0.15) is 0 Å². The van der Waals surface area contributed by atoms with Crippen molar-refractivity contribution in [2.75, 3.05) is 6.54 Å². The Bertz CT molecular complexity index is 932. The molecule has 0 spiro atoms. The lowest BCUT2D eigenvalue weighted by Crippen LogP contribution is -2.36. The molecule has 5 nitrogen and oxygen atoms in total. The maximum atomic E-state index is 12.5. The predicted octanol–water partition coefficient (Wildman–Crippen LogP) is 3.56. The molecule has 0 saturated carbocycles. The number of carbonyl (C=O) groups is 1. The molecule has 1 aliphatic heterocycles. The lowest BCUT2D eigenvalue weighted by molar-refractivity contribution is -0.132. The molecule has 26 heavy (non-hydrogen) atoms. The van der Waals surface area contributed by atoms with Crippen LogP contribution in [-0.4, -0.2) is 27.5 Å². The van der Waals surface area contributed by atoms with Crippen LogP contribution in [0.15, 0.2) is 52.9 Å². The average molecular weight is 347 g/mol. The van der Waals surface area contributed by atoms with E-state index in [1.807, 2.05) is 42.2 Å². The number of aryl methyl sites for hydroxylation is 2. The van der Waals surface area contributed by atoms with Crippen LogP contribution in [0, 0.1) is 6.92 Å². The van der Waals surface area contributed by atoms with E-state index < -0.39 is 0 Å². The quantitative estimate of drug-likeness (QED) is 0.724. The summed E-state index contributed by atoms with van der Waals surface area (Å²) in [7, 11) is 0. The van der Waals surface area contributed by atoms with Gasteiger partial charge in [0.2, 0.25) is 17.7 Å². The lowest BCUT2D eigenvalue weighted by Gasteiger charge is -2.28. The average Bonchev–Trinajstić information content (AvgIpc) is 3.15. The van der Waals surface area contributed by atoms with Crippen molar-refractivity contribution in [1.82, 2.24) is 15.1 Å². The van der Waals surface area contributed by atoms with Gasteiger partial charge in [0.15, 0.2) is 0 Å². The molecular weight excluding hydrogens is 326 g/mol. The van der Waals surface area contributed by atoms with Crippen molar-refractivity contribution in [3.05, 3.63) is 71.1 Å². The smallest absolute Gasteiger partial charge is 0.247 e. The van der Waals surface area contributed by atoms with Crippen LogP contribution in [0.5, 0.6) is 0 Å². The zero-order chi connectivity index (χ0) is 17.9. The van der Waals surface area contributed by atoms with Gasteiger partial charge in [-0.25, -0.2) is 0 Å². The Labute approximate surface area is 152 Å². The fourth-order valence-corrected chi connectivity index (χ4v) is 3.33. The number of hydrogen-bond donors (Lipinski definition) is 0. The van der Waals surface area contributed by atoms with Crippen molar-refractivity contribution in [2.24, 2.45) is 0 Å². The predicted molar refractivity (Wildman–Crippen MR) is 98.4 cm³/mol. The first-order chi connectivity index (χ1) is 12.7. The van der Waals surface area contributed by atoms with Gasteiger partial charge >= 0.3 is 0 Å². The summed E-state index contributed by atoms with van der Waals surface area (Å²) >= 11 is 0. The first-order valence-electron chi connectivity index (χ1n) is 8.93. The van der Waals surface area contributed by atoms with Crippen LogP contribution in [0.3, 0.4) is 0 Å². The maximum Gasteiger partial charge on any atom is 0.247 e. The third-order valence-electron chi connectivity index (χ3n) is 4.77. The SMILES string of the molecule is Cc1cccc(-c2nnc(CCC(=O)N3CCc4ccccc4C3)o2)c1. The standard InChI is InChI=1S/C21H21N3O2/c1-15-5-4-8-17(13-15)21-23-22-19(26-21)9-10-20(25)24-12-11-16-6-2-3-7-18(16)14-24/h2-8,13H,9-12,14H2,1H3. The summed E-state index contributed by atoms with van der Waals surface area (Å²) in [5.74, 6) is 1.14. The van der Waals surface area contributed by atoms with Crippen molar-refractivity contribution < 1.29 is 9.21 Å². The summed E-state index contributed by atoms with van der Waals surface area (Å²) in [4.78, 5) is 14.5. The van der Waals surface area contributed by atoms with Crippen molar-refractivity contribution in [3.8, 4) is 11.5 Å². The molecule has 0 radical (unpaired) electrons. The van der Waals surface area contributed by atoms with Gasteiger partial charge in [0, 0.05) is 31.5 Å². The minimum atomic E-state index is 0.134. The molecule has 0 unspecified atom stereocenters. The summed E-state index contributed by atoms with van der Waals surface area (Å²) in [6.07, 6.45) is 1.77. The monoisotopic (exact) mass is 347 g/mol. The summed E-state index contributed by atoms with van der Waals surface area (Å²) in [6, 6.07) is 16.3. The Morgan fingerprint density at radius 1 is 1.12 bits per heavy atom. The van der Waals surface area contributed by atoms with Crippen molar-refractivity contribution in [1.29, 1.82) is 0 Å². The molecular formula is C21H21N3O2. The fraction of sp³-hybridized carbons (Fsp3) is 0.286. The molecule has 1 amide bonds. The maximum absolute atomic E-state index is 12.5. The summed E-state index contributed by atoms with van der Waals surface area (Å²) in [5.41, 5.74) is 4.63. The van der Waals surface area contributed by atoms with Crippen molar-refractivity contribution in [3.63, 3.8) is 0 Å². The van der Waals surface area contributed by atoms with Crippen LogP contribution in [0.25, 0.3) is 11.5 Å². The number of amides is 1. The van der Waals surface area contributed by atoms with Crippen molar-refractivity contribution in [2.45, 2.75) is 32.7 Å². The molecule has 1 aromatic heterocycles. The minimum absolute atomic E-state index is 0.134. The van der Waals surface area contributed by atoms with Crippen LogP contribution in [0.1, 0.15) is 29.0 Å². The first kappa shape index (κ1) is 16.5. The Kier molecular flexibility index (Phi) is 4.52. The zero-order valence-corrected chi connectivity index (χ0v) is 14.8. The molecule has 132 valence electrons. The molecule has 0 bridgehead atoms. The van der Waals surface area contributed by atoms with E-state index in [1.165, 1.54) is 11.1 Å². The second-order valence-corrected chi connectivity index (χ2v) is 6.70. The highest BCUT2D eigenvalue weighted by molar-refractivity contribution is 5.76. The highest BCUT2D eigenvalue weighted by Crippen LogP contribution is 2.21. The van der Waals surface area contributed by atoms with E-state index in [0.717, 1.165) is 24.1 Å². The summed E-state index contributed by atoms with van der Waals surface area (Å²) < 4.78 is 5.73. The molecule has 2 aromatic carbocycles. The van der Waals surface area contributed by atoms with Gasteiger partial charge in [0.25, 0.3) is 0 Å². The van der Waals surface area contributed by atoms with Gasteiger partial charge < -0.3 is 9.32 Å². The van der Waals surface area contributed by atoms with Crippen LogP contribution < -0.4 is 0 Å². The highest BCUT2D eigenvalue weighted by Gasteiger charge is 2.21. The van der Waals surface area contributed by atoms with Gasteiger partial charge in [0.1, 0.15) is 0 Å². The van der Waals surface area contributed by atoms with Gasteiger partial charge in [-0.05, 0) is 36.6 Å². The Balaban J connectivity index is 1.37. The van der Waals surface area contributed by atoms with Gasteiger partial charge in [-0.15, -0.1) is 10.2 Å². The topological polar surface area (TPSA) is 59.2 Å². The largest absolute Gasteiger partial charge is 0.421 e. The van der Waals surface area contributed by atoms with E-state index in [2.05, 4.69) is 28.4 Å². The molecule has 0 atom stereocenters. The van der Waals surface area contributed by atoms with Gasteiger partial charge in [-0.3, -0.25) is 4.79 Å². The fourth-order valence-electron chi connectivity index (χ4n) is 3.33. The third-order valence-corrected chi connectivity index (χ3v) is 4.77. The number of rotatable bonds is 4. The number of carbonyl (C=O) groups excluding carboxylic acids is 1. The van der Waals surface area contributed by atoms with E-state index in [-0.39, 0.29) is 5.91 Å². The Hall–Kier alpha value is -2.95. The number of benzene rings is 2. The van der Waals surface area contributed by atoms with E-state index >= 15 is 0 Å². The number of fused-ring (bicyclic) bond motifs is 1. The van der Waals surface area contributed by atoms with Gasteiger partial charge in [-0.1, -0.05) is 42.0 Å². The molecule has 0 fully saturated rings. The third kappa shape index (κ3) is 3.52. The molecule has 3 aromatic rings. The normalized spacial score (nSPS) is 13.5. The first-order valence-corrected chi connectivity index (χ1v) is 8.93. The molecule has 0 saturated heterocycles. The van der Waals surface area contributed by atoms with Crippen LogP contribution in [0.2, 0.25) is 0 Å². The second-order valence-electron chi connectivity index (χ2n) is 6.70. The van der Waals surface area contributed by atoms with Crippen LogP contribution in [0.4, 0.5) is 0 Å². The molecule has 4 rings (SSSR count). The second kappa shape index (κ2) is 7.12. The molecule has 2 heterocycles. The van der Waals surface area contributed by atoms with Crippen molar-refractivity contribution >= 4 is 5.91 Å². The van der Waals surface area contributed by atoms with Crippen LogP contribution in [-0.2, 0) is 24.2 Å². The van der Waals surface area contributed by atoms with E-state index in [1.54, 1.807) is 0 Å². The minimum Gasteiger partial charge on any atom is -0.421 e. The van der Waals surface area contributed by atoms with E-state index in [0.29, 0.717) is 31.2 Å². The Morgan fingerprint density at radius 3 is 2.81 bits per heavy atom. The van der Waals surface area contributed by atoms with E-state index in [4.69, 9.17) is 4.42 Å². The zero-order valence-electron chi connectivity index (χ0n) is 14.8. The van der Waals surface area contributed by atoms with Gasteiger partial charge in [0.05, 0.1) is 0 Å². The molecule has 1 aliphatic rings.